The first-order valence-corrected chi connectivity index (χ1v) is 6.11. The SMILES string of the molecule is CN(C)CCN1N=Nc2cccc3cccc1c23.Cl. The van der Waals surface area contributed by atoms with E-state index < -0.39 is 0 Å². The van der Waals surface area contributed by atoms with E-state index in [-0.39, 0.29) is 12.4 Å². The number of anilines is 1. The minimum atomic E-state index is 0. The molecule has 19 heavy (non-hydrogen) atoms. The highest BCUT2D eigenvalue weighted by Crippen LogP contribution is 2.38. The smallest absolute Gasteiger partial charge is 0.0974 e. The van der Waals surface area contributed by atoms with Gasteiger partial charge in [-0.05, 0) is 31.6 Å². The molecule has 1 aliphatic rings. The highest BCUT2D eigenvalue weighted by atomic mass is 35.5. The molecule has 0 fully saturated rings. The predicted octanol–water partition coefficient (Wildman–Crippen LogP) is 3.64. The summed E-state index contributed by atoms with van der Waals surface area (Å²) in [5.74, 6) is 0. The lowest BCUT2D eigenvalue weighted by atomic mass is 10.1. The van der Waals surface area contributed by atoms with Gasteiger partial charge in [0.25, 0.3) is 0 Å². The van der Waals surface area contributed by atoms with Crippen LogP contribution < -0.4 is 5.01 Å². The van der Waals surface area contributed by atoms with E-state index in [2.05, 4.69) is 53.6 Å². The van der Waals surface area contributed by atoms with Crippen LogP contribution in [0.15, 0.2) is 46.7 Å². The van der Waals surface area contributed by atoms with Gasteiger partial charge in [-0.2, -0.15) is 0 Å². The van der Waals surface area contributed by atoms with Gasteiger partial charge in [0.1, 0.15) is 0 Å². The third-order valence-corrected chi connectivity index (χ3v) is 3.16. The predicted molar refractivity (Wildman–Crippen MR) is 81.6 cm³/mol. The van der Waals surface area contributed by atoms with Crippen molar-refractivity contribution in [3.05, 3.63) is 36.4 Å². The zero-order chi connectivity index (χ0) is 12.5. The average Bonchev–Trinajstić information content (AvgIpc) is 2.38. The highest BCUT2D eigenvalue weighted by molar-refractivity contribution is 6.02. The second kappa shape index (κ2) is 5.55. The average molecular weight is 277 g/mol. The van der Waals surface area contributed by atoms with Crippen molar-refractivity contribution >= 4 is 34.6 Å². The molecule has 3 rings (SSSR count). The fourth-order valence-electron chi connectivity index (χ4n) is 2.21. The van der Waals surface area contributed by atoms with Crippen molar-refractivity contribution in [3.8, 4) is 0 Å². The summed E-state index contributed by atoms with van der Waals surface area (Å²) in [5, 5.41) is 13.0. The van der Waals surface area contributed by atoms with Crippen molar-refractivity contribution in [1.82, 2.24) is 4.90 Å². The number of rotatable bonds is 3. The third-order valence-electron chi connectivity index (χ3n) is 3.16. The molecular formula is C14H17ClN4. The van der Waals surface area contributed by atoms with Crippen LogP contribution in [0.2, 0.25) is 0 Å². The van der Waals surface area contributed by atoms with E-state index in [1.165, 1.54) is 10.8 Å². The van der Waals surface area contributed by atoms with E-state index in [4.69, 9.17) is 0 Å². The fraction of sp³-hybridized carbons (Fsp3) is 0.286. The Labute approximate surface area is 119 Å². The van der Waals surface area contributed by atoms with Crippen molar-refractivity contribution in [2.75, 3.05) is 32.2 Å². The largest absolute Gasteiger partial charge is 0.308 e. The third kappa shape index (κ3) is 2.55. The van der Waals surface area contributed by atoms with Crippen molar-refractivity contribution < 1.29 is 0 Å². The minimum absolute atomic E-state index is 0. The van der Waals surface area contributed by atoms with Crippen LogP contribution in [0.5, 0.6) is 0 Å². The second-order valence-electron chi connectivity index (χ2n) is 4.77. The molecule has 0 spiro atoms. The summed E-state index contributed by atoms with van der Waals surface area (Å²) >= 11 is 0. The molecule has 0 saturated carbocycles. The summed E-state index contributed by atoms with van der Waals surface area (Å²) in [6.45, 7) is 1.81. The maximum atomic E-state index is 4.30. The van der Waals surface area contributed by atoms with E-state index in [1.807, 2.05) is 17.1 Å². The van der Waals surface area contributed by atoms with E-state index in [9.17, 15) is 0 Å². The van der Waals surface area contributed by atoms with E-state index in [0.717, 1.165) is 24.5 Å². The van der Waals surface area contributed by atoms with Crippen LogP contribution >= 0.6 is 12.4 Å². The normalized spacial score (nSPS) is 12.9. The Morgan fingerprint density at radius 1 is 1.11 bits per heavy atom. The molecule has 0 bridgehead atoms. The first-order valence-electron chi connectivity index (χ1n) is 6.11. The maximum Gasteiger partial charge on any atom is 0.0974 e. The van der Waals surface area contributed by atoms with E-state index in [0.29, 0.717) is 0 Å². The van der Waals surface area contributed by atoms with Gasteiger partial charge in [0.2, 0.25) is 0 Å². The quantitative estimate of drug-likeness (QED) is 0.857. The summed E-state index contributed by atoms with van der Waals surface area (Å²) in [4.78, 5) is 2.15. The Kier molecular flexibility index (Phi) is 4.02. The van der Waals surface area contributed by atoms with Gasteiger partial charge in [-0.15, -0.1) is 17.5 Å². The molecule has 1 aliphatic heterocycles. The summed E-state index contributed by atoms with van der Waals surface area (Å²) in [5.41, 5.74) is 2.11. The number of hydrogen-bond donors (Lipinski definition) is 0. The second-order valence-corrected chi connectivity index (χ2v) is 4.77. The van der Waals surface area contributed by atoms with Gasteiger partial charge in [-0.1, -0.05) is 29.5 Å². The molecule has 0 atom stereocenters. The number of halogens is 1. The lowest BCUT2D eigenvalue weighted by Crippen LogP contribution is -2.28. The number of benzene rings is 2. The van der Waals surface area contributed by atoms with Crippen LogP contribution in [0.4, 0.5) is 11.4 Å². The molecule has 0 aromatic heterocycles. The lowest BCUT2D eigenvalue weighted by Gasteiger charge is -2.24. The Morgan fingerprint density at radius 3 is 2.58 bits per heavy atom. The van der Waals surface area contributed by atoms with Crippen molar-refractivity contribution in [2.24, 2.45) is 10.3 Å². The molecule has 2 aromatic carbocycles. The number of likely N-dealkylation sites (N-methyl/N-ethyl adjacent to an activating group) is 1. The van der Waals surface area contributed by atoms with Crippen molar-refractivity contribution in [2.45, 2.75) is 0 Å². The van der Waals surface area contributed by atoms with Crippen LogP contribution in [0, 0.1) is 0 Å². The molecule has 1 heterocycles. The van der Waals surface area contributed by atoms with E-state index in [1.54, 1.807) is 0 Å². The standard InChI is InChI=1S/C14H16N4.ClH/c1-17(2)9-10-18-13-8-4-6-11-5-3-7-12(14(11)13)15-16-18;/h3-8H,9-10H2,1-2H3;1H. The van der Waals surface area contributed by atoms with Crippen LogP contribution in [0.25, 0.3) is 10.8 Å². The van der Waals surface area contributed by atoms with Crippen LogP contribution in [-0.2, 0) is 0 Å². The Morgan fingerprint density at radius 2 is 1.84 bits per heavy atom. The molecule has 0 radical (unpaired) electrons. The topological polar surface area (TPSA) is 31.2 Å². The summed E-state index contributed by atoms with van der Waals surface area (Å²) in [6.07, 6.45) is 0. The van der Waals surface area contributed by atoms with Gasteiger partial charge in [0.05, 0.1) is 17.9 Å². The van der Waals surface area contributed by atoms with Crippen molar-refractivity contribution in [3.63, 3.8) is 0 Å². The first-order chi connectivity index (χ1) is 8.75. The van der Waals surface area contributed by atoms with Gasteiger partial charge in [-0.3, -0.25) is 0 Å². The van der Waals surface area contributed by atoms with Gasteiger partial charge in [0.15, 0.2) is 0 Å². The zero-order valence-electron chi connectivity index (χ0n) is 11.1. The minimum Gasteiger partial charge on any atom is -0.308 e. The fourth-order valence-corrected chi connectivity index (χ4v) is 2.21. The monoisotopic (exact) mass is 276 g/mol. The van der Waals surface area contributed by atoms with Gasteiger partial charge < -0.3 is 4.90 Å². The molecule has 0 saturated heterocycles. The summed E-state index contributed by atoms with van der Waals surface area (Å²) in [7, 11) is 4.13. The molecule has 0 N–H and O–H groups in total. The molecule has 0 amide bonds. The molecular weight excluding hydrogens is 260 g/mol. The molecule has 4 nitrogen and oxygen atoms in total. The van der Waals surface area contributed by atoms with Gasteiger partial charge >= 0.3 is 0 Å². The highest BCUT2D eigenvalue weighted by Gasteiger charge is 2.16. The molecule has 0 aliphatic carbocycles. The van der Waals surface area contributed by atoms with Crippen LogP contribution in [0.3, 0.4) is 0 Å². The first kappa shape index (κ1) is 13.8. The van der Waals surface area contributed by atoms with Gasteiger partial charge in [-0.25, -0.2) is 5.01 Å². The molecule has 2 aromatic rings. The lowest BCUT2D eigenvalue weighted by molar-refractivity contribution is 0.413. The summed E-state index contributed by atoms with van der Waals surface area (Å²) < 4.78 is 0. The Balaban J connectivity index is 0.00000133. The molecule has 100 valence electrons. The van der Waals surface area contributed by atoms with Crippen molar-refractivity contribution in [1.29, 1.82) is 0 Å². The van der Waals surface area contributed by atoms with E-state index >= 15 is 0 Å². The molecule has 5 heteroatoms. The van der Waals surface area contributed by atoms with Gasteiger partial charge in [0, 0.05) is 11.9 Å². The Hall–Kier alpha value is -1.65. The maximum absolute atomic E-state index is 4.30. The molecule has 0 unspecified atom stereocenters. The van der Waals surface area contributed by atoms with Crippen LogP contribution in [0.1, 0.15) is 0 Å². The number of hydrogen-bond acceptors (Lipinski definition) is 4. The number of nitrogens with zero attached hydrogens (tertiary/aromatic N) is 4. The Bertz CT molecular complexity index is 604. The zero-order valence-corrected chi connectivity index (χ0v) is 11.9. The van der Waals surface area contributed by atoms with Crippen LogP contribution in [-0.4, -0.2) is 32.1 Å². The summed E-state index contributed by atoms with van der Waals surface area (Å²) in [6, 6.07) is 12.5.